The van der Waals surface area contributed by atoms with Crippen LogP contribution in [0.4, 0.5) is 0 Å². The van der Waals surface area contributed by atoms with Crippen molar-refractivity contribution in [3.63, 3.8) is 0 Å². The molecule has 0 unspecified atom stereocenters. The quantitative estimate of drug-likeness (QED) is 0.888. The lowest BCUT2D eigenvalue weighted by Gasteiger charge is -2.18. The van der Waals surface area contributed by atoms with Crippen molar-refractivity contribution >= 4 is 15.9 Å². The first kappa shape index (κ1) is 15.7. The maximum atomic E-state index is 12.4. The van der Waals surface area contributed by atoms with E-state index in [9.17, 15) is 13.2 Å². The number of hydrogen-bond donors (Lipinski definition) is 1. The molecule has 19 heavy (non-hydrogen) atoms. The first-order valence-electron chi connectivity index (χ1n) is 6.13. The van der Waals surface area contributed by atoms with E-state index in [1.165, 1.54) is 17.4 Å². The van der Waals surface area contributed by atoms with Crippen LogP contribution in [0.1, 0.15) is 29.3 Å². The fourth-order valence-corrected chi connectivity index (χ4v) is 3.28. The number of sulfonamides is 1. The molecule has 1 rings (SSSR count). The molecule has 0 bridgehead atoms. The molecule has 1 aromatic carbocycles. The van der Waals surface area contributed by atoms with E-state index in [4.69, 9.17) is 0 Å². The Morgan fingerprint density at radius 3 is 2.53 bits per heavy atom. The van der Waals surface area contributed by atoms with Crippen molar-refractivity contribution < 1.29 is 13.2 Å². The van der Waals surface area contributed by atoms with E-state index in [-0.39, 0.29) is 10.8 Å². The zero-order valence-electron chi connectivity index (χ0n) is 11.7. The van der Waals surface area contributed by atoms with Gasteiger partial charge in [-0.15, -0.1) is 0 Å². The standard InChI is InChI=1S/C13H20N2O3S/c1-5-8-15(4)19(17,18)12-9-11(13(16)14-3)7-6-10(12)2/h6-7,9H,5,8H2,1-4H3,(H,14,16). The summed E-state index contributed by atoms with van der Waals surface area (Å²) >= 11 is 0. The number of nitrogens with zero attached hydrogens (tertiary/aromatic N) is 1. The number of carbonyl (C=O) groups is 1. The van der Waals surface area contributed by atoms with E-state index in [1.807, 2.05) is 6.92 Å². The van der Waals surface area contributed by atoms with Crippen molar-refractivity contribution in [2.75, 3.05) is 20.6 Å². The van der Waals surface area contributed by atoms with Gasteiger partial charge in [0, 0.05) is 26.2 Å². The van der Waals surface area contributed by atoms with Gasteiger partial charge in [-0.3, -0.25) is 4.79 Å². The van der Waals surface area contributed by atoms with Crippen molar-refractivity contribution in [3.05, 3.63) is 29.3 Å². The largest absolute Gasteiger partial charge is 0.355 e. The number of hydrogen-bond acceptors (Lipinski definition) is 3. The van der Waals surface area contributed by atoms with Gasteiger partial charge in [-0.05, 0) is 31.0 Å². The fraction of sp³-hybridized carbons (Fsp3) is 0.462. The molecule has 6 heteroatoms. The van der Waals surface area contributed by atoms with Crippen LogP contribution in [0.15, 0.2) is 23.1 Å². The van der Waals surface area contributed by atoms with Gasteiger partial charge in [-0.1, -0.05) is 13.0 Å². The molecule has 0 aliphatic rings. The molecule has 5 nitrogen and oxygen atoms in total. The van der Waals surface area contributed by atoms with Crippen molar-refractivity contribution in [3.8, 4) is 0 Å². The lowest BCUT2D eigenvalue weighted by Crippen LogP contribution is -2.28. The Kier molecular flexibility index (Phi) is 5.08. The number of aryl methyl sites for hydroxylation is 1. The summed E-state index contributed by atoms with van der Waals surface area (Å²) in [5, 5.41) is 2.49. The molecule has 106 valence electrons. The molecule has 0 aliphatic heterocycles. The van der Waals surface area contributed by atoms with Gasteiger partial charge in [-0.25, -0.2) is 12.7 Å². The van der Waals surface area contributed by atoms with Crippen LogP contribution in [0.5, 0.6) is 0 Å². The van der Waals surface area contributed by atoms with Crippen LogP contribution < -0.4 is 5.32 Å². The average Bonchev–Trinajstić information content (AvgIpc) is 2.38. The summed E-state index contributed by atoms with van der Waals surface area (Å²) in [6.07, 6.45) is 0.740. The second-order valence-corrected chi connectivity index (χ2v) is 6.40. The summed E-state index contributed by atoms with van der Waals surface area (Å²) in [6.45, 7) is 4.09. The molecule has 0 spiro atoms. The van der Waals surface area contributed by atoms with Crippen molar-refractivity contribution in [1.29, 1.82) is 0 Å². The van der Waals surface area contributed by atoms with E-state index in [0.29, 0.717) is 17.7 Å². The molecule has 0 aliphatic carbocycles. The van der Waals surface area contributed by atoms with Crippen molar-refractivity contribution in [1.82, 2.24) is 9.62 Å². The zero-order valence-corrected chi connectivity index (χ0v) is 12.5. The number of nitrogens with one attached hydrogen (secondary N) is 1. The number of benzene rings is 1. The minimum absolute atomic E-state index is 0.185. The molecular formula is C13H20N2O3S. The first-order chi connectivity index (χ1) is 8.84. The third kappa shape index (κ3) is 3.33. The zero-order chi connectivity index (χ0) is 14.6. The van der Waals surface area contributed by atoms with Gasteiger partial charge in [0.2, 0.25) is 10.0 Å². The highest BCUT2D eigenvalue weighted by atomic mass is 32.2. The molecule has 1 N–H and O–H groups in total. The van der Waals surface area contributed by atoms with Crippen LogP contribution in [0.3, 0.4) is 0 Å². The monoisotopic (exact) mass is 284 g/mol. The van der Waals surface area contributed by atoms with E-state index < -0.39 is 10.0 Å². The molecule has 0 aromatic heterocycles. The lowest BCUT2D eigenvalue weighted by atomic mass is 10.1. The molecule has 0 atom stereocenters. The Bertz CT molecular complexity index is 567. The third-order valence-electron chi connectivity index (χ3n) is 2.90. The Labute approximate surface area is 114 Å². The number of amides is 1. The lowest BCUT2D eigenvalue weighted by molar-refractivity contribution is 0.0963. The molecule has 0 fully saturated rings. The molecule has 1 aromatic rings. The molecular weight excluding hydrogens is 264 g/mol. The second-order valence-electron chi connectivity index (χ2n) is 4.39. The second kappa shape index (κ2) is 6.16. The molecule has 0 heterocycles. The predicted octanol–water partition coefficient (Wildman–Crippen LogP) is 1.39. The molecule has 0 saturated carbocycles. The van der Waals surface area contributed by atoms with Crippen LogP contribution in [0.25, 0.3) is 0 Å². The van der Waals surface area contributed by atoms with Crippen LogP contribution in [0.2, 0.25) is 0 Å². The van der Waals surface area contributed by atoms with Gasteiger partial charge >= 0.3 is 0 Å². The van der Waals surface area contributed by atoms with Gasteiger partial charge in [0.05, 0.1) is 4.90 Å². The number of carbonyl (C=O) groups excluding carboxylic acids is 1. The van der Waals surface area contributed by atoms with Gasteiger partial charge in [-0.2, -0.15) is 0 Å². The Morgan fingerprint density at radius 2 is 2.00 bits per heavy atom. The summed E-state index contributed by atoms with van der Waals surface area (Å²) in [5.74, 6) is -0.297. The smallest absolute Gasteiger partial charge is 0.251 e. The first-order valence-corrected chi connectivity index (χ1v) is 7.57. The summed E-state index contributed by atoms with van der Waals surface area (Å²) in [5.41, 5.74) is 0.979. The van der Waals surface area contributed by atoms with E-state index in [1.54, 1.807) is 26.1 Å². The Morgan fingerprint density at radius 1 is 1.37 bits per heavy atom. The highest BCUT2D eigenvalue weighted by Crippen LogP contribution is 2.20. The maximum Gasteiger partial charge on any atom is 0.251 e. The van der Waals surface area contributed by atoms with Gasteiger partial charge in [0.25, 0.3) is 5.91 Å². The van der Waals surface area contributed by atoms with E-state index in [0.717, 1.165) is 6.42 Å². The highest BCUT2D eigenvalue weighted by molar-refractivity contribution is 7.89. The van der Waals surface area contributed by atoms with Crippen LogP contribution in [0, 0.1) is 6.92 Å². The predicted molar refractivity (Wildman–Crippen MR) is 74.7 cm³/mol. The summed E-state index contributed by atoms with van der Waals surface area (Å²) in [4.78, 5) is 11.8. The van der Waals surface area contributed by atoms with Crippen LogP contribution >= 0.6 is 0 Å². The van der Waals surface area contributed by atoms with Crippen molar-refractivity contribution in [2.45, 2.75) is 25.2 Å². The average molecular weight is 284 g/mol. The third-order valence-corrected chi connectivity index (χ3v) is 4.90. The highest BCUT2D eigenvalue weighted by Gasteiger charge is 2.23. The van der Waals surface area contributed by atoms with Crippen LogP contribution in [-0.2, 0) is 10.0 Å². The normalized spacial score (nSPS) is 11.6. The molecule has 1 amide bonds. The van der Waals surface area contributed by atoms with Gasteiger partial charge in [0.1, 0.15) is 0 Å². The molecule has 0 radical (unpaired) electrons. The summed E-state index contributed by atoms with van der Waals surface area (Å²) in [7, 11) is -0.483. The minimum atomic E-state index is -3.54. The van der Waals surface area contributed by atoms with E-state index in [2.05, 4.69) is 5.32 Å². The SMILES string of the molecule is CCCN(C)S(=O)(=O)c1cc(C(=O)NC)ccc1C. The summed E-state index contributed by atoms with van der Waals surface area (Å²) < 4.78 is 26.1. The number of rotatable bonds is 5. The summed E-state index contributed by atoms with van der Waals surface area (Å²) in [6, 6.07) is 4.69. The van der Waals surface area contributed by atoms with E-state index >= 15 is 0 Å². The van der Waals surface area contributed by atoms with Crippen molar-refractivity contribution in [2.24, 2.45) is 0 Å². The van der Waals surface area contributed by atoms with Gasteiger partial charge in [0.15, 0.2) is 0 Å². The molecule has 0 saturated heterocycles. The van der Waals surface area contributed by atoms with Gasteiger partial charge < -0.3 is 5.32 Å². The minimum Gasteiger partial charge on any atom is -0.355 e. The Balaban J connectivity index is 3.29. The van der Waals surface area contributed by atoms with Crippen LogP contribution in [-0.4, -0.2) is 39.3 Å². The maximum absolute atomic E-state index is 12.4. The fourth-order valence-electron chi connectivity index (χ4n) is 1.77. The topological polar surface area (TPSA) is 66.5 Å². The Hall–Kier alpha value is -1.40.